The van der Waals surface area contributed by atoms with Crippen LogP contribution < -0.4 is 5.32 Å². The third-order valence-corrected chi connectivity index (χ3v) is 4.86. The lowest BCUT2D eigenvalue weighted by molar-refractivity contribution is 0.0636. The summed E-state index contributed by atoms with van der Waals surface area (Å²) in [5, 5.41) is 3.41. The topological polar surface area (TPSA) is 49.4 Å². The molecule has 0 saturated heterocycles. The molecule has 3 aromatic rings. The number of amides is 2. The highest BCUT2D eigenvalue weighted by Crippen LogP contribution is 2.23. The molecule has 1 N–H and O–H groups in total. The predicted octanol–water partition coefficient (Wildman–Crippen LogP) is 3.81. The SMILES string of the molecule is O=C1c2ccccc2C(=O)N1CN[C@@H](Cc1ccccc1)c1ccccc1. The molecule has 0 aromatic heterocycles. The quantitative estimate of drug-likeness (QED) is 0.683. The molecule has 0 saturated carbocycles. The van der Waals surface area contributed by atoms with Gasteiger partial charge < -0.3 is 0 Å². The molecule has 0 radical (unpaired) electrons. The molecule has 27 heavy (non-hydrogen) atoms. The lowest BCUT2D eigenvalue weighted by Gasteiger charge is -2.23. The fraction of sp³-hybridized carbons (Fsp3) is 0.130. The molecule has 4 nitrogen and oxygen atoms in total. The summed E-state index contributed by atoms with van der Waals surface area (Å²) in [6, 6.07) is 27.2. The first-order valence-electron chi connectivity index (χ1n) is 9.01. The van der Waals surface area contributed by atoms with Crippen LogP contribution in [0.1, 0.15) is 37.9 Å². The van der Waals surface area contributed by atoms with E-state index < -0.39 is 0 Å². The minimum atomic E-state index is -0.241. The third kappa shape index (κ3) is 3.52. The molecule has 1 aliphatic heterocycles. The second kappa shape index (κ2) is 7.56. The van der Waals surface area contributed by atoms with Gasteiger partial charge in [-0.15, -0.1) is 0 Å². The van der Waals surface area contributed by atoms with E-state index in [-0.39, 0.29) is 24.5 Å². The Morgan fingerprint density at radius 2 is 1.22 bits per heavy atom. The zero-order valence-corrected chi connectivity index (χ0v) is 14.8. The molecule has 1 atom stereocenters. The zero-order chi connectivity index (χ0) is 18.6. The van der Waals surface area contributed by atoms with Crippen molar-refractivity contribution >= 4 is 11.8 Å². The fourth-order valence-corrected chi connectivity index (χ4v) is 3.43. The molecule has 3 aromatic carbocycles. The molecular formula is C23H20N2O2. The van der Waals surface area contributed by atoms with E-state index in [4.69, 9.17) is 0 Å². The highest BCUT2D eigenvalue weighted by Gasteiger charge is 2.35. The third-order valence-electron chi connectivity index (χ3n) is 4.86. The summed E-state index contributed by atoms with van der Waals surface area (Å²) < 4.78 is 0. The number of carbonyl (C=O) groups excluding carboxylic acids is 2. The normalized spacial score (nSPS) is 14.3. The van der Waals surface area contributed by atoms with Gasteiger partial charge in [0, 0.05) is 6.04 Å². The molecule has 0 fully saturated rings. The Bertz CT molecular complexity index is 919. The summed E-state index contributed by atoms with van der Waals surface area (Å²) >= 11 is 0. The first-order chi connectivity index (χ1) is 13.2. The van der Waals surface area contributed by atoms with Crippen LogP contribution in [0.3, 0.4) is 0 Å². The lowest BCUT2D eigenvalue weighted by atomic mass is 9.99. The highest BCUT2D eigenvalue weighted by atomic mass is 16.2. The van der Waals surface area contributed by atoms with Crippen molar-refractivity contribution in [2.75, 3.05) is 6.67 Å². The summed E-state index contributed by atoms with van der Waals surface area (Å²) in [5.41, 5.74) is 3.27. The number of imide groups is 1. The Morgan fingerprint density at radius 1 is 0.704 bits per heavy atom. The number of hydrogen-bond donors (Lipinski definition) is 1. The molecule has 4 rings (SSSR count). The number of carbonyl (C=O) groups is 2. The maximum atomic E-state index is 12.6. The molecule has 134 valence electrons. The van der Waals surface area contributed by atoms with E-state index in [9.17, 15) is 9.59 Å². The standard InChI is InChI=1S/C23H20N2O2/c26-22-19-13-7-8-14-20(19)23(27)25(22)16-24-21(18-11-5-2-6-12-18)15-17-9-3-1-4-10-17/h1-14,21,24H,15-16H2/t21-/m0/s1. The number of rotatable bonds is 6. The zero-order valence-electron chi connectivity index (χ0n) is 14.8. The Balaban J connectivity index is 1.53. The first-order valence-corrected chi connectivity index (χ1v) is 9.01. The number of nitrogens with one attached hydrogen (secondary N) is 1. The van der Waals surface area contributed by atoms with Gasteiger partial charge in [-0.05, 0) is 29.7 Å². The molecule has 0 unspecified atom stereocenters. The van der Waals surface area contributed by atoms with E-state index in [1.165, 1.54) is 10.5 Å². The summed E-state index contributed by atoms with van der Waals surface area (Å²) in [6.45, 7) is 0.179. The molecule has 0 bridgehead atoms. The van der Waals surface area contributed by atoms with Crippen LogP contribution in [0, 0.1) is 0 Å². The van der Waals surface area contributed by atoms with E-state index in [0.717, 1.165) is 12.0 Å². The lowest BCUT2D eigenvalue weighted by Crippen LogP contribution is -2.40. The van der Waals surface area contributed by atoms with Crippen LogP contribution in [0.5, 0.6) is 0 Å². The maximum Gasteiger partial charge on any atom is 0.262 e. The molecule has 0 aliphatic carbocycles. The second-order valence-electron chi connectivity index (χ2n) is 6.60. The molecule has 2 amide bonds. The van der Waals surface area contributed by atoms with Gasteiger partial charge in [0.1, 0.15) is 0 Å². The monoisotopic (exact) mass is 356 g/mol. The van der Waals surface area contributed by atoms with E-state index in [1.807, 2.05) is 36.4 Å². The highest BCUT2D eigenvalue weighted by molar-refractivity contribution is 6.21. The molecule has 4 heteroatoms. The summed E-state index contributed by atoms with van der Waals surface area (Å²) in [4.78, 5) is 26.4. The van der Waals surface area contributed by atoms with Gasteiger partial charge in [0.05, 0.1) is 17.8 Å². The second-order valence-corrected chi connectivity index (χ2v) is 6.60. The Morgan fingerprint density at radius 3 is 1.81 bits per heavy atom. The van der Waals surface area contributed by atoms with Crippen LogP contribution >= 0.6 is 0 Å². The summed E-state index contributed by atoms with van der Waals surface area (Å²) in [5.74, 6) is -0.482. The molecular weight excluding hydrogens is 336 g/mol. The average molecular weight is 356 g/mol. The van der Waals surface area contributed by atoms with Crippen LogP contribution in [0.4, 0.5) is 0 Å². The average Bonchev–Trinajstić information content (AvgIpc) is 2.97. The van der Waals surface area contributed by atoms with Crippen LogP contribution in [-0.4, -0.2) is 23.4 Å². The van der Waals surface area contributed by atoms with Crippen LogP contribution in [-0.2, 0) is 6.42 Å². The van der Waals surface area contributed by atoms with E-state index in [1.54, 1.807) is 24.3 Å². The Hall–Kier alpha value is -3.24. The van der Waals surface area contributed by atoms with Crippen LogP contribution in [0.15, 0.2) is 84.9 Å². The van der Waals surface area contributed by atoms with Gasteiger partial charge in [-0.3, -0.25) is 19.8 Å². The first kappa shape index (κ1) is 17.2. The van der Waals surface area contributed by atoms with Crippen molar-refractivity contribution < 1.29 is 9.59 Å². The van der Waals surface area contributed by atoms with Crippen molar-refractivity contribution in [3.8, 4) is 0 Å². The smallest absolute Gasteiger partial charge is 0.262 e. The van der Waals surface area contributed by atoms with Crippen LogP contribution in [0.2, 0.25) is 0 Å². The van der Waals surface area contributed by atoms with Gasteiger partial charge in [0.25, 0.3) is 11.8 Å². The van der Waals surface area contributed by atoms with Gasteiger partial charge in [0.2, 0.25) is 0 Å². The maximum absolute atomic E-state index is 12.6. The minimum Gasteiger partial charge on any atom is -0.292 e. The molecule has 1 heterocycles. The van der Waals surface area contributed by atoms with Crippen molar-refractivity contribution in [1.82, 2.24) is 10.2 Å². The van der Waals surface area contributed by atoms with E-state index in [2.05, 4.69) is 29.6 Å². The van der Waals surface area contributed by atoms with Crippen molar-refractivity contribution in [3.63, 3.8) is 0 Å². The number of nitrogens with zero attached hydrogens (tertiary/aromatic N) is 1. The van der Waals surface area contributed by atoms with Crippen molar-refractivity contribution in [2.45, 2.75) is 12.5 Å². The van der Waals surface area contributed by atoms with Crippen molar-refractivity contribution in [2.24, 2.45) is 0 Å². The van der Waals surface area contributed by atoms with Gasteiger partial charge in [-0.2, -0.15) is 0 Å². The minimum absolute atomic E-state index is 0.00193. The number of fused-ring (bicyclic) bond motifs is 1. The predicted molar refractivity (Wildman–Crippen MR) is 104 cm³/mol. The summed E-state index contributed by atoms with van der Waals surface area (Å²) in [6.07, 6.45) is 0.772. The Kier molecular flexibility index (Phi) is 4.81. The fourth-order valence-electron chi connectivity index (χ4n) is 3.43. The van der Waals surface area contributed by atoms with Gasteiger partial charge in [0.15, 0.2) is 0 Å². The largest absolute Gasteiger partial charge is 0.292 e. The van der Waals surface area contributed by atoms with Gasteiger partial charge in [-0.1, -0.05) is 72.8 Å². The van der Waals surface area contributed by atoms with E-state index in [0.29, 0.717) is 11.1 Å². The number of benzene rings is 3. The van der Waals surface area contributed by atoms with Crippen molar-refractivity contribution in [1.29, 1.82) is 0 Å². The van der Waals surface area contributed by atoms with Gasteiger partial charge in [-0.25, -0.2) is 0 Å². The van der Waals surface area contributed by atoms with Crippen molar-refractivity contribution in [3.05, 3.63) is 107 Å². The number of hydrogen-bond acceptors (Lipinski definition) is 3. The molecule has 0 spiro atoms. The Labute approximate surface area is 158 Å². The summed E-state index contributed by atoms with van der Waals surface area (Å²) in [7, 11) is 0. The van der Waals surface area contributed by atoms with Crippen LogP contribution in [0.25, 0.3) is 0 Å². The van der Waals surface area contributed by atoms with Gasteiger partial charge >= 0.3 is 0 Å². The molecule has 1 aliphatic rings. The van der Waals surface area contributed by atoms with E-state index >= 15 is 0 Å².